The van der Waals surface area contributed by atoms with Gasteiger partial charge >= 0.3 is 5.97 Å². The third-order valence-electron chi connectivity index (χ3n) is 4.67. The van der Waals surface area contributed by atoms with Crippen molar-refractivity contribution in [1.82, 2.24) is 10.2 Å². The first kappa shape index (κ1) is 20.0. The molecule has 1 fully saturated rings. The number of carboxylic acid groups (broad SMARTS) is 1. The van der Waals surface area contributed by atoms with Gasteiger partial charge in [0.05, 0.1) is 32.2 Å². The Balaban J connectivity index is 1.88. The lowest BCUT2D eigenvalue weighted by Crippen LogP contribution is -2.43. The number of hydrogen-bond donors (Lipinski definition) is 2. The van der Waals surface area contributed by atoms with Crippen LogP contribution in [-0.4, -0.2) is 55.2 Å². The van der Waals surface area contributed by atoms with Crippen molar-refractivity contribution in [2.75, 3.05) is 33.4 Å². The van der Waals surface area contributed by atoms with Gasteiger partial charge in [0.25, 0.3) is 0 Å². The van der Waals surface area contributed by atoms with E-state index in [0.29, 0.717) is 44.0 Å². The summed E-state index contributed by atoms with van der Waals surface area (Å²) >= 11 is 0. The average Bonchev–Trinajstić information content (AvgIpc) is 2.62. The number of rotatable bonds is 8. The normalized spacial score (nSPS) is 16.7. The van der Waals surface area contributed by atoms with E-state index in [0.717, 1.165) is 5.56 Å². The molecule has 1 aliphatic rings. The highest BCUT2D eigenvalue weighted by Crippen LogP contribution is 2.30. The summed E-state index contributed by atoms with van der Waals surface area (Å²) in [6, 6.07) is 5.46. The van der Waals surface area contributed by atoms with Crippen LogP contribution in [-0.2, 0) is 9.59 Å². The average molecular weight is 364 g/mol. The predicted molar refractivity (Wildman–Crippen MR) is 97.5 cm³/mol. The SMILES string of the molecule is CCOc1ccc(C(C)NC(=O)CN2CCC(C(=O)O)CC2)cc1OC. The topological polar surface area (TPSA) is 88.1 Å². The molecule has 1 aromatic rings. The summed E-state index contributed by atoms with van der Waals surface area (Å²) in [7, 11) is 1.59. The zero-order chi connectivity index (χ0) is 19.1. The zero-order valence-corrected chi connectivity index (χ0v) is 15.7. The second-order valence-electron chi connectivity index (χ2n) is 6.52. The molecule has 0 aliphatic carbocycles. The van der Waals surface area contributed by atoms with Gasteiger partial charge in [0.2, 0.25) is 5.91 Å². The lowest BCUT2D eigenvalue weighted by molar-refractivity contribution is -0.143. The van der Waals surface area contributed by atoms with Crippen molar-refractivity contribution >= 4 is 11.9 Å². The molecule has 0 saturated carbocycles. The Morgan fingerprint density at radius 1 is 1.31 bits per heavy atom. The molecule has 1 unspecified atom stereocenters. The van der Waals surface area contributed by atoms with Crippen molar-refractivity contribution in [3.05, 3.63) is 23.8 Å². The number of ether oxygens (including phenoxy) is 2. The highest BCUT2D eigenvalue weighted by atomic mass is 16.5. The van der Waals surface area contributed by atoms with Crippen LogP contribution in [0, 0.1) is 5.92 Å². The number of likely N-dealkylation sites (tertiary alicyclic amines) is 1. The summed E-state index contributed by atoms with van der Waals surface area (Å²) in [5, 5.41) is 12.0. The summed E-state index contributed by atoms with van der Waals surface area (Å²) in [5.74, 6) is 0.218. The van der Waals surface area contributed by atoms with Crippen LogP contribution in [0.4, 0.5) is 0 Å². The Morgan fingerprint density at radius 3 is 2.58 bits per heavy atom. The number of piperidine rings is 1. The maximum atomic E-state index is 12.3. The van der Waals surface area contributed by atoms with Crippen LogP contribution in [0.1, 0.15) is 38.3 Å². The Morgan fingerprint density at radius 2 is 2.00 bits per heavy atom. The Bertz CT molecular complexity index is 626. The maximum Gasteiger partial charge on any atom is 0.306 e. The molecule has 1 amide bonds. The molecule has 1 aliphatic heterocycles. The Hall–Kier alpha value is -2.28. The number of carbonyl (C=O) groups excluding carboxylic acids is 1. The number of methoxy groups -OCH3 is 1. The second kappa shape index (κ2) is 9.43. The fraction of sp³-hybridized carbons (Fsp3) is 0.579. The second-order valence-corrected chi connectivity index (χ2v) is 6.52. The maximum absolute atomic E-state index is 12.3. The number of nitrogens with one attached hydrogen (secondary N) is 1. The minimum Gasteiger partial charge on any atom is -0.493 e. The first-order valence-electron chi connectivity index (χ1n) is 8.99. The van der Waals surface area contributed by atoms with Crippen molar-refractivity contribution in [3.8, 4) is 11.5 Å². The van der Waals surface area contributed by atoms with Gasteiger partial charge in [-0.3, -0.25) is 14.5 Å². The third kappa shape index (κ3) is 5.36. The first-order valence-corrected chi connectivity index (χ1v) is 8.99. The highest BCUT2D eigenvalue weighted by Gasteiger charge is 2.25. The van der Waals surface area contributed by atoms with Crippen molar-refractivity contribution < 1.29 is 24.2 Å². The molecular weight excluding hydrogens is 336 g/mol. The van der Waals surface area contributed by atoms with Crippen LogP contribution in [0.2, 0.25) is 0 Å². The number of carboxylic acids is 1. The monoisotopic (exact) mass is 364 g/mol. The molecule has 0 aromatic heterocycles. The standard InChI is InChI=1S/C19H28N2O5/c1-4-26-16-6-5-15(11-17(16)25-3)13(2)20-18(22)12-21-9-7-14(8-10-21)19(23)24/h5-6,11,13-14H,4,7-10,12H2,1-3H3,(H,20,22)(H,23,24). The molecule has 1 aromatic carbocycles. The van der Waals surface area contributed by atoms with E-state index in [-0.39, 0.29) is 24.4 Å². The largest absolute Gasteiger partial charge is 0.493 e. The van der Waals surface area contributed by atoms with Gasteiger partial charge < -0.3 is 19.9 Å². The van der Waals surface area contributed by atoms with E-state index in [1.807, 2.05) is 36.9 Å². The fourth-order valence-corrected chi connectivity index (χ4v) is 3.14. The molecule has 0 spiro atoms. The molecule has 144 valence electrons. The number of benzene rings is 1. The molecule has 2 N–H and O–H groups in total. The van der Waals surface area contributed by atoms with E-state index in [1.54, 1.807) is 7.11 Å². The zero-order valence-electron chi connectivity index (χ0n) is 15.7. The number of amides is 1. The van der Waals surface area contributed by atoms with Crippen molar-refractivity contribution in [2.45, 2.75) is 32.7 Å². The smallest absolute Gasteiger partial charge is 0.306 e. The highest BCUT2D eigenvalue weighted by molar-refractivity contribution is 5.78. The lowest BCUT2D eigenvalue weighted by atomic mass is 9.97. The van der Waals surface area contributed by atoms with Crippen molar-refractivity contribution in [2.24, 2.45) is 5.92 Å². The van der Waals surface area contributed by atoms with E-state index in [1.165, 1.54) is 0 Å². The molecule has 0 bridgehead atoms. The summed E-state index contributed by atoms with van der Waals surface area (Å²) in [5.41, 5.74) is 0.934. The minimum absolute atomic E-state index is 0.0703. The number of aliphatic carboxylic acids is 1. The molecule has 0 radical (unpaired) electrons. The van der Waals surface area contributed by atoms with E-state index in [9.17, 15) is 9.59 Å². The molecule has 7 nitrogen and oxygen atoms in total. The number of hydrogen-bond acceptors (Lipinski definition) is 5. The van der Waals surface area contributed by atoms with Gasteiger partial charge in [0.15, 0.2) is 11.5 Å². The minimum atomic E-state index is -0.743. The van der Waals surface area contributed by atoms with Gasteiger partial charge in [-0.05, 0) is 57.5 Å². The van der Waals surface area contributed by atoms with Gasteiger partial charge in [-0.2, -0.15) is 0 Å². The van der Waals surface area contributed by atoms with Crippen LogP contribution in [0.15, 0.2) is 18.2 Å². The molecule has 26 heavy (non-hydrogen) atoms. The van der Waals surface area contributed by atoms with Gasteiger partial charge in [0.1, 0.15) is 0 Å². The summed E-state index contributed by atoms with van der Waals surface area (Å²) < 4.78 is 10.9. The molecule has 1 heterocycles. The quantitative estimate of drug-likeness (QED) is 0.734. The third-order valence-corrected chi connectivity index (χ3v) is 4.67. The van der Waals surface area contributed by atoms with Crippen molar-refractivity contribution in [1.29, 1.82) is 0 Å². The van der Waals surface area contributed by atoms with Crippen LogP contribution >= 0.6 is 0 Å². The van der Waals surface area contributed by atoms with Gasteiger partial charge in [0, 0.05) is 0 Å². The molecular formula is C19H28N2O5. The molecule has 2 rings (SSSR count). The van der Waals surface area contributed by atoms with E-state index >= 15 is 0 Å². The van der Waals surface area contributed by atoms with Gasteiger partial charge in [-0.1, -0.05) is 6.07 Å². The molecule has 1 atom stereocenters. The fourth-order valence-electron chi connectivity index (χ4n) is 3.14. The Kier molecular flexibility index (Phi) is 7.26. The summed E-state index contributed by atoms with van der Waals surface area (Å²) in [6.45, 7) is 5.94. The van der Waals surface area contributed by atoms with Crippen LogP contribution in [0.5, 0.6) is 11.5 Å². The Labute approximate surface area is 154 Å². The summed E-state index contributed by atoms with van der Waals surface area (Å²) in [6.07, 6.45) is 1.18. The van der Waals surface area contributed by atoms with Gasteiger partial charge in [-0.15, -0.1) is 0 Å². The van der Waals surface area contributed by atoms with Crippen LogP contribution < -0.4 is 14.8 Å². The molecule has 1 saturated heterocycles. The van der Waals surface area contributed by atoms with E-state index < -0.39 is 5.97 Å². The lowest BCUT2D eigenvalue weighted by Gasteiger charge is -2.29. The van der Waals surface area contributed by atoms with Crippen molar-refractivity contribution in [3.63, 3.8) is 0 Å². The number of nitrogens with zero attached hydrogens (tertiary/aromatic N) is 1. The number of carbonyl (C=O) groups is 2. The van der Waals surface area contributed by atoms with Crippen LogP contribution in [0.3, 0.4) is 0 Å². The van der Waals surface area contributed by atoms with Crippen LogP contribution in [0.25, 0.3) is 0 Å². The van der Waals surface area contributed by atoms with Gasteiger partial charge in [-0.25, -0.2) is 0 Å². The van der Waals surface area contributed by atoms with E-state index in [2.05, 4.69) is 5.32 Å². The molecule has 7 heteroatoms. The van der Waals surface area contributed by atoms with E-state index in [4.69, 9.17) is 14.6 Å². The first-order chi connectivity index (χ1) is 12.4. The summed E-state index contributed by atoms with van der Waals surface area (Å²) in [4.78, 5) is 25.3. The predicted octanol–water partition coefficient (Wildman–Crippen LogP) is 2.07.